The minimum atomic E-state index is -0.517. The van der Waals surface area contributed by atoms with E-state index in [1.54, 1.807) is 24.5 Å². The van der Waals surface area contributed by atoms with Gasteiger partial charge in [-0.15, -0.1) is 0 Å². The maximum atomic E-state index is 11.8. The zero-order chi connectivity index (χ0) is 20.3. The maximum absolute atomic E-state index is 11.8. The number of benzene rings is 1. The van der Waals surface area contributed by atoms with Crippen LogP contribution < -0.4 is 10.1 Å². The molecule has 152 valence electrons. The third-order valence-electron chi connectivity index (χ3n) is 4.18. The molecule has 28 heavy (non-hydrogen) atoms. The van der Waals surface area contributed by atoms with Crippen LogP contribution in [-0.4, -0.2) is 36.2 Å². The second kappa shape index (κ2) is 8.64. The smallest absolute Gasteiger partial charge is 0.407 e. The minimum Gasteiger partial charge on any atom is -0.484 e. The lowest BCUT2D eigenvalue weighted by Gasteiger charge is -2.32. The van der Waals surface area contributed by atoms with Gasteiger partial charge < -0.3 is 19.2 Å². The molecule has 1 amide bonds. The van der Waals surface area contributed by atoms with Crippen molar-refractivity contribution in [2.24, 2.45) is 0 Å². The van der Waals surface area contributed by atoms with Gasteiger partial charge in [-0.05, 0) is 39.0 Å². The molecule has 0 spiro atoms. The predicted molar refractivity (Wildman–Crippen MR) is 108 cm³/mol. The summed E-state index contributed by atoms with van der Waals surface area (Å²) in [6.07, 6.45) is 1.03. The zero-order valence-electron chi connectivity index (χ0n) is 16.1. The Balaban J connectivity index is 1.60. The van der Waals surface area contributed by atoms with Crippen LogP contribution in [0.3, 0.4) is 0 Å². The van der Waals surface area contributed by atoms with Gasteiger partial charge >= 0.3 is 6.09 Å². The van der Waals surface area contributed by atoms with E-state index in [1.165, 1.54) is 0 Å². The van der Waals surface area contributed by atoms with E-state index in [2.05, 4.69) is 10.2 Å². The van der Waals surface area contributed by atoms with Gasteiger partial charge in [0.15, 0.2) is 0 Å². The zero-order valence-corrected chi connectivity index (χ0v) is 17.6. The number of nitrogens with zero attached hydrogens (tertiary/aromatic N) is 1. The number of hydrogen-bond acceptors (Lipinski definition) is 5. The van der Waals surface area contributed by atoms with Gasteiger partial charge in [-0.25, -0.2) is 4.79 Å². The molecule has 1 aliphatic rings. The fourth-order valence-corrected chi connectivity index (χ4v) is 3.27. The number of carbonyl (C=O) groups excluding carboxylic acids is 1. The van der Waals surface area contributed by atoms with Crippen LogP contribution >= 0.6 is 23.2 Å². The van der Waals surface area contributed by atoms with E-state index >= 15 is 0 Å². The highest BCUT2D eigenvalue weighted by molar-refractivity contribution is 6.42. The summed E-state index contributed by atoms with van der Waals surface area (Å²) in [5, 5.41) is 3.70. The lowest BCUT2D eigenvalue weighted by atomic mass is 10.0. The highest BCUT2D eigenvalue weighted by Gasteiger charge is 2.29. The average molecular weight is 427 g/mol. The van der Waals surface area contributed by atoms with Crippen LogP contribution in [-0.2, 0) is 11.3 Å². The lowest BCUT2D eigenvalue weighted by Crippen LogP contribution is -2.41. The van der Waals surface area contributed by atoms with E-state index in [0.29, 0.717) is 42.0 Å². The topological polar surface area (TPSA) is 63.9 Å². The maximum Gasteiger partial charge on any atom is 0.407 e. The van der Waals surface area contributed by atoms with Gasteiger partial charge in [0, 0.05) is 31.3 Å². The Morgan fingerprint density at radius 2 is 2.07 bits per heavy atom. The van der Waals surface area contributed by atoms with E-state index in [-0.39, 0.29) is 6.10 Å². The molecular formula is C20H24Cl2N2O4. The Morgan fingerprint density at radius 1 is 1.29 bits per heavy atom. The Hall–Kier alpha value is -1.89. The first kappa shape index (κ1) is 20.8. The van der Waals surface area contributed by atoms with Gasteiger partial charge in [-0.3, -0.25) is 4.90 Å². The van der Waals surface area contributed by atoms with Crippen LogP contribution in [0, 0.1) is 0 Å². The highest BCUT2D eigenvalue weighted by Crippen LogP contribution is 2.33. The van der Waals surface area contributed by atoms with Gasteiger partial charge in [0.2, 0.25) is 0 Å². The first-order valence-electron chi connectivity index (χ1n) is 9.08. The average Bonchev–Trinajstić information content (AvgIpc) is 3.05. The summed E-state index contributed by atoms with van der Waals surface area (Å²) >= 11 is 12.1. The first-order chi connectivity index (χ1) is 13.2. The van der Waals surface area contributed by atoms with E-state index in [0.717, 1.165) is 11.3 Å². The van der Waals surface area contributed by atoms with Crippen LogP contribution in [0.2, 0.25) is 10.0 Å². The van der Waals surface area contributed by atoms with Gasteiger partial charge in [0.05, 0.1) is 22.9 Å². The van der Waals surface area contributed by atoms with Crippen molar-refractivity contribution in [3.05, 3.63) is 51.9 Å². The molecular weight excluding hydrogens is 403 g/mol. The molecule has 0 radical (unpaired) electrons. The summed E-state index contributed by atoms with van der Waals surface area (Å²) in [5.74, 6) is 1.49. The van der Waals surface area contributed by atoms with E-state index < -0.39 is 11.7 Å². The predicted octanol–water partition coefficient (Wildman–Crippen LogP) is 5.05. The van der Waals surface area contributed by atoms with Crippen molar-refractivity contribution in [3.63, 3.8) is 0 Å². The summed E-state index contributed by atoms with van der Waals surface area (Å²) < 4.78 is 17.0. The molecule has 1 unspecified atom stereocenters. The molecule has 1 N–H and O–H groups in total. The number of rotatable bonds is 5. The second-order valence-corrected chi connectivity index (χ2v) is 8.46. The van der Waals surface area contributed by atoms with Crippen LogP contribution in [0.5, 0.6) is 5.75 Å². The van der Waals surface area contributed by atoms with Crippen molar-refractivity contribution in [1.29, 1.82) is 0 Å². The molecule has 0 bridgehead atoms. The van der Waals surface area contributed by atoms with Crippen LogP contribution in [0.25, 0.3) is 0 Å². The van der Waals surface area contributed by atoms with Crippen molar-refractivity contribution in [1.82, 2.24) is 10.2 Å². The molecule has 0 saturated heterocycles. The monoisotopic (exact) mass is 426 g/mol. The number of ether oxygens (including phenoxy) is 2. The standard InChI is InChI=1S/C20H24Cl2N2O4/c1-20(2,3)28-19(25)23-7-8-24-11-17-14(6-9-26-17)18(12-24)27-13-4-5-15(21)16(22)10-13/h4-6,9-10,18H,7-8,11-12H2,1-3H3,(H,23,25). The van der Waals surface area contributed by atoms with E-state index in [9.17, 15) is 4.79 Å². The quantitative estimate of drug-likeness (QED) is 0.724. The second-order valence-electron chi connectivity index (χ2n) is 7.65. The van der Waals surface area contributed by atoms with Crippen LogP contribution in [0.15, 0.2) is 34.9 Å². The summed E-state index contributed by atoms with van der Waals surface area (Å²) in [6, 6.07) is 7.12. The number of alkyl carbamates (subject to hydrolysis) is 1. The van der Waals surface area contributed by atoms with Crippen LogP contribution in [0.4, 0.5) is 4.79 Å². The van der Waals surface area contributed by atoms with E-state index in [1.807, 2.05) is 26.8 Å². The molecule has 1 aromatic heterocycles. The fraction of sp³-hybridized carbons (Fsp3) is 0.450. The van der Waals surface area contributed by atoms with E-state index in [4.69, 9.17) is 37.1 Å². The molecule has 3 rings (SSSR count). The van der Waals surface area contributed by atoms with Crippen molar-refractivity contribution in [2.75, 3.05) is 19.6 Å². The van der Waals surface area contributed by atoms with Crippen molar-refractivity contribution in [3.8, 4) is 5.75 Å². The number of hydrogen-bond donors (Lipinski definition) is 1. The van der Waals surface area contributed by atoms with Crippen molar-refractivity contribution >= 4 is 29.3 Å². The highest BCUT2D eigenvalue weighted by atomic mass is 35.5. The van der Waals surface area contributed by atoms with Gasteiger partial charge in [0.25, 0.3) is 0 Å². The third kappa shape index (κ3) is 5.56. The Kier molecular flexibility index (Phi) is 6.43. The fourth-order valence-electron chi connectivity index (χ4n) is 2.98. The van der Waals surface area contributed by atoms with Gasteiger partial charge in [-0.2, -0.15) is 0 Å². The number of nitrogens with one attached hydrogen (secondary N) is 1. The van der Waals surface area contributed by atoms with Crippen LogP contribution in [0.1, 0.15) is 38.2 Å². The third-order valence-corrected chi connectivity index (χ3v) is 4.92. The molecule has 2 aromatic rings. The number of fused-ring (bicyclic) bond motifs is 1. The number of carbonyl (C=O) groups is 1. The number of halogens is 2. The molecule has 8 heteroatoms. The molecule has 0 saturated carbocycles. The molecule has 1 atom stereocenters. The minimum absolute atomic E-state index is 0.207. The summed E-state index contributed by atoms with van der Waals surface area (Å²) in [5.41, 5.74) is 0.499. The lowest BCUT2D eigenvalue weighted by molar-refractivity contribution is 0.0512. The molecule has 2 heterocycles. The largest absolute Gasteiger partial charge is 0.484 e. The Morgan fingerprint density at radius 3 is 2.79 bits per heavy atom. The molecule has 1 aliphatic heterocycles. The Labute approximate surface area is 174 Å². The number of furan rings is 1. The first-order valence-corrected chi connectivity index (χ1v) is 9.84. The normalized spacial score (nSPS) is 17.1. The van der Waals surface area contributed by atoms with Crippen molar-refractivity contribution < 1.29 is 18.7 Å². The SMILES string of the molecule is CC(C)(C)OC(=O)NCCN1Cc2occc2C(Oc2ccc(Cl)c(Cl)c2)C1. The molecule has 1 aromatic carbocycles. The number of amides is 1. The summed E-state index contributed by atoms with van der Waals surface area (Å²) in [7, 11) is 0. The molecule has 6 nitrogen and oxygen atoms in total. The molecule has 0 aliphatic carbocycles. The Bertz CT molecular complexity index is 832. The van der Waals surface area contributed by atoms with Crippen molar-refractivity contribution in [2.45, 2.75) is 39.0 Å². The van der Waals surface area contributed by atoms with Gasteiger partial charge in [0.1, 0.15) is 23.2 Å². The summed E-state index contributed by atoms with van der Waals surface area (Å²) in [4.78, 5) is 14.0. The van der Waals surface area contributed by atoms with Gasteiger partial charge in [-0.1, -0.05) is 23.2 Å². The summed E-state index contributed by atoms with van der Waals surface area (Å²) in [6.45, 7) is 7.91. The molecule has 0 fully saturated rings.